The second-order valence-electron chi connectivity index (χ2n) is 11.4. The Labute approximate surface area is 259 Å². The van der Waals surface area contributed by atoms with Gasteiger partial charge in [-0.1, -0.05) is 32.7 Å². The second kappa shape index (κ2) is 13.2. The SMILES string of the molecule is CCc1cc(Nc2ncc(C(C)C)c(Nc3ccc4nccnc4c3N(C)SC)n2)c(OC)cc1N1CCC(N(C)C)C1. The van der Waals surface area contributed by atoms with Gasteiger partial charge in [0.05, 0.1) is 29.7 Å². The molecule has 1 saturated heterocycles. The number of ether oxygens (including phenoxy) is 1. The Kier molecular flexibility index (Phi) is 9.41. The van der Waals surface area contributed by atoms with Crippen LogP contribution in [-0.4, -0.2) is 78.5 Å². The average molecular weight is 602 g/mol. The summed E-state index contributed by atoms with van der Waals surface area (Å²) in [6.07, 6.45) is 9.45. The Bertz CT molecular complexity index is 1580. The van der Waals surface area contributed by atoms with Crippen LogP contribution in [0.3, 0.4) is 0 Å². The van der Waals surface area contributed by atoms with Crippen molar-refractivity contribution < 1.29 is 4.74 Å². The van der Waals surface area contributed by atoms with E-state index in [0.717, 1.165) is 71.2 Å². The number of anilines is 6. The Morgan fingerprint density at radius 2 is 1.86 bits per heavy atom. The molecule has 2 aromatic heterocycles. The van der Waals surface area contributed by atoms with Crippen LogP contribution in [0.15, 0.2) is 42.9 Å². The molecule has 3 heterocycles. The lowest BCUT2D eigenvalue weighted by atomic mass is 10.1. The number of hydrogen-bond donors (Lipinski definition) is 2. The molecular weight excluding hydrogens is 558 g/mol. The van der Waals surface area contributed by atoms with Gasteiger partial charge >= 0.3 is 0 Å². The van der Waals surface area contributed by atoms with Gasteiger partial charge in [-0.25, -0.2) is 4.98 Å². The third kappa shape index (κ3) is 6.42. The number of nitrogens with one attached hydrogen (secondary N) is 2. The van der Waals surface area contributed by atoms with E-state index in [4.69, 9.17) is 14.7 Å². The summed E-state index contributed by atoms with van der Waals surface area (Å²) in [5.74, 6) is 2.22. The number of methoxy groups -OCH3 is 1. The lowest BCUT2D eigenvalue weighted by molar-refractivity contribution is 0.315. The fourth-order valence-electron chi connectivity index (χ4n) is 5.60. The summed E-state index contributed by atoms with van der Waals surface area (Å²) in [4.78, 5) is 23.6. The van der Waals surface area contributed by atoms with Gasteiger partial charge in [0.15, 0.2) is 0 Å². The highest BCUT2D eigenvalue weighted by atomic mass is 32.2. The van der Waals surface area contributed by atoms with Gasteiger partial charge in [0, 0.05) is 68.3 Å². The van der Waals surface area contributed by atoms with E-state index < -0.39 is 0 Å². The first-order valence-electron chi connectivity index (χ1n) is 14.8. The van der Waals surface area contributed by atoms with Crippen LogP contribution < -0.4 is 24.6 Å². The van der Waals surface area contributed by atoms with E-state index in [2.05, 4.69) is 81.7 Å². The largest absolute Gasteiger partial charge is 0.494 e. The van der Waals surface area contributed by atoms with Gasteiger partial charge < -0.3 is 29.5 Å². The van der Waals surface area contributed by atoms with Crippen LogP contribution in [0.1, 0.15) is 44.2 Å². The molecule has 10 nitrogen and oxygen atoms in total. The summed E-state index contributed by atoms with van der Waals surface area (Å²) in [5, 5.41) is 7.07. The first-order chi connectivity index (χ1) is 20.7. The minimum Gasteiger partial charge on any atom is -0.494 e. The Morgan fingerprint density at radius 3 is 2.53 bits per heavy atom. The molecule has 228 valence electrons. The van der Waals surface area contributed by atoms with Crippen molar-refractivity contribution in [2.24, 2.45) is 0 Å². The summed E-state index contributed by atoms with van der Waals surface area (Å²) in [5.41, 5.74) is 7.88. The van der Waals surface area contributed by atoms with Crippen LogP contribution in [-0.2, 0) is 6.42 Å². The number of likely N-dealkylation sites (N-methyl/N-ethyl adjacent to an activating group) is 1. The van der Waals surface area contributed by atoms with Gasteiger partial charge in [0.1, 0.15) is 17.1 Å². The molecule has 4 aromatic rings. The number of rotatable bonds is 11. The molecule has 0 spiro atoms. The number of aryl methyl sites for hydroxylation is 1. The molecule has 0 bridgehead atoms. The molecule has 0 radical (unpaired) electrons. The van der Waals surface area contributed by atoms with E-state index in [1.54, 1.807) is 31.5 Å². The number of fused-ring (bicyclic) bond motifs is 1. The molecule has 5 rings (SSSR count). The highest BCUT2D eigenvalue weighted by Crippen LogP contribution is 2.39. The van der Waals surface area contributed by atoms with Crippen molar-refractivity contribution in [3.63, 3.8) is 0 Å². The molecule has 1 unspecified atom stereocenters. The zero-order valence-corrected chi connectivity index (χ0v) is 27.3. The topological polar surface area (TPSA) is 94.6 Å². The van der Waals surface area contributed by atoms with Gasteiger partial charge in [0.2, 0.25) is 5.95 Å². The number of benzene rings is 2. The first kappa shape index (κ1) is 30.6. The molecule has 1 atom stereocenters. The van der Waals surface area contributed by atoms with Gasteiger partial charge in [-0.3, -0.25) is 9.97 Å². The molecule has 1 fully saturated rings. The summed E-state index contributed by atoms with van der Waals surface area (Å²) in [7, 11) is 8.06. The maximum Gasteiger partial charge on any atom is 0.229 e. The molecule has 2 aromatic carbocycles. The van der Waals surface area contributed by atoms with E-state index in [1.807, 2.05) is 31.6 Å². The maximum absolute atomic E-state index is 5.88. The highest BCUT2D eigenvalue weighted by Gasteiger charge is 2.26. The van der Waals surface area contributed by atoms with Gasteiger partial charge in [0.25, 0.3) is 0 Å². The zero-order valence-electron chi connectivity index (χ0n) is 26.5. The van der Waals surface area contributed by atoms with E-state index in [9.17, 15) is 0 Å². The van der Waals surface area contributed by atoms with Crippen LogP contribution in [0.5, 0.6) is 5.75 Å². The molecule has 11 heteroatoms. The van der Waals surface area contributed by atoms with E-state index >= 15 is 0 Å². The monoisotopic (exact) mass is 601 g/mol. The Balaban J connectivity index is 1.50. The smallest absolute Gasteiger partial charge is 0.229 e. The predicted octanol–water partition coefficient (Wildman–Crippen LogP) is 6.46. The van der Waals surface area contributed by atoms with Crippen molar-refractivity contribution in [1.82, 2.24) is 24.8 Å². The summed E-state index contributed by atoms with van der Waals surface area (Å²) in [6.45, 7) is 8.54. The minimum absolute atomic E-state index is 0.213. The predicted molar refractivity (Wildman–Crippen MR) is 181 cm³/mol. The minimum atomic E-state index is 0.213. The summed E-state index contributed by atoms with van der Waals surface area (Å²) >= 11 is 1.61. The third-order valence-corrected chi connectivity index (χ3v) is 8.89. The van der Waals surface area contributed by atoms with Gasteiger partial charge in [-0.15, -0.1) is 0 Å². The highest BCUT2D eigenvalue weighted by molar-refractivity contribution is 7.99. The Morgan fingerprint density at radius 1 is 1.07 bits per heavy atom. The molecule has 43 heavy (non-hydrogen) atoms. The van der Waals surface area contributed by atoms with Crippen molar-refractivity contribution in [1.29, 1.82) is 0 Å². The van der Waals surface area contributed by atoms with Crippen LogP contribution in [0.2, 0.25) is 0 Å². The first-order valence-corrected chi connectivity index (χ1v) is 16.0. The molecule has 0 amide bonds. The lowest BCUT2D eigenvalue weighted by Crippen LogP contribution is -2.31. The van der Waals surface area contributed by atoms with E-state index in [1.165, 1.54) is 11.3 Å². The number of hydrogen-bond acceptors (Lipinski definition) is 11. The van der Waals surface area contributed by atoms with Crippen molar-refractivity contribution >= 4 is 57.5 Å². The summed E-state index contributed by atoms with van der Waals surface area (Å²) < 4.78 is 7.98. The van der Waals surface area contributed by atoms with Crippen LogP contribution in [0, 0.1) is 0 Å². The molecular formula is C32H43N9OS. The molecule has 2 N–H and O–H groups in total. The molecule has 0 saturated carbocycles. The third-order valence-electron chi connectivity index (χ3n) is 8.16. The van der Waals surface area contributed by atoms with E-state index in [-0.39, 0.29) is 5.92 Å². The van der Waals surface area contributed by atoms with Gasteiger partial charge in [-0.2, -0.15) is 4.98 Å². The average Bonchev–Trinajstić information content (AvgIpc) is 3.51. The van der Waals surface area contributed by atoms with Crippen LogP contribution in [0.4, 0.5) is 34.5 Å². The molecule has 0 aliphatic carbocycles. The maximum atomic E-state index is 5.88. The van der Waals surface area contributed by atoms with Crippen molar-refractivity contribution in [2.45, 2.75) is 45.6 Å². The number of aromatic nitrogens is 4. The Hall–Kier alpha value is -3.83. The standard InChI is InChI=1S/C32H43N9OS/c1-9-21-16-26(28(42-7)17-27(21)41-15-12-22(19-41)39(4)5)37-32-35-18-23(20(2)3)31(38-32)36-25-11-10-24-29(34-14-13-33-24)30(25)40(6)43-8/h10-11,13-14,16-18,20,22H,9,12,15,19H2,1-8H3,(H2,35,36,37,38). The quantitative estimate of drug-likeness (QED) is 0.186. The fourth-order valence-corrected chi connectivity index (χ4v) is 5.96. The van der Waals surface area contributed by atoms with Crippen molar-refractivity contribution in [3.05, 3.63) is 54.0 Å². The fraction of sp³-hybridized carbons (Fsp3) is 0.438. The molecule has 1 aliphatic rings. The van der Waals surface area contributed by atoms with Crippen LogP contribution in [0.25, 0.3) is 11.0 Å². The molecule has 1 aliphatic heterocycles. The second-order valence-corrected chi connectivity index (χ2v) is 12.3. The van der Waals surface area contributed by atoms with Crippen molar-refractivity contribution in [3.8, 4) is 5.75 Å². The van der Waals surface area contributed by atoms with Crippen molar-refractivity contribution in [2.75, 3.05) is 67.4 Å². The van der Waals surface area contributed by atoms with Gasteiger partial charge in [-0.05, 0) is 56.6 Å². The lowest BCUT2D eigenvalue weighted by Gasteiger charge is -2.25. The summed E-state index contributed by atoms with van der Waals surface area (Å²) in [6, 6.07) is 8.90. The zero-order chi connectivity index (χ0) is 30.7. The normalized spacial score (nSPS) is 15.0. The van der Waals surface area contributed by atoms with E-state index in [0.29, 0.717) is 12.0 Å². The number of nitrogens with zero attached hydrogens (tertiary/aromatic N) is 7. The van der Waals surface area contributed by atoms with Crippen LogP contribution >= 0.6 is 11.9 Å².